The highest BCUT2D eigenvalue weighted by atomic mass is 32.2. The Labute approximate surface area is 123 Å². The first-order valence-electron chi connectivity index (χ1n) is 5.52. The summed E-state index contributed by atoms with van der Waals surface area (Å²) < 4.78 is 76.2. The van der Waals surface area contributed by atoms with E-state index < -0.39 is 40.2 Å². The number of imide groups is 1. The lowest BCUT2D eigenvalue weighted by Crippen LogP contribution is -2.18. The van der Waals surface area contributed by atoms with E-state index >= 15 is 0 Å². The number of amides is 2. The van der Waals surface area contributed by atoms with Crippen molar-refractivity contribution in [3.63, 3.8) is 0 Å². The van der Waals surface area contributed by atoms with Gasteiger partial charge in [-0.15, -0.1) is 0 Å². The molecule has 2 rings (SSSR count). The van der Waals surface area contributed by atoms with Gasteiger partial charge in [-0.3, -0.25) is 14.9 Å². The molecule has 1 fully saturated rings. The van der Waals surface area contributed by atoms with Gasteiger partial charge in [0.15, 0.2) is 0 Å². The lowest BCUT2D eigenvalue weighted by molar-refractivity contribution is -0.143. The second-order valence-corrected chi connectivity index (χ2v) is 5.16. The van der Waals surface area contributed by atoms with Crippen molar-refractivity contribution in [1.82, 2.24) is 5.32 Å². The van der Waals surface area contributed by atoms with E-state index in [1.807, 2.05) is 5.32 Å². The Balaban J connectivity index is 2.55. The van der Waals surface area contributed by atoms with E-state index in [-0.39, 0.29) is 11.0 Å². The van der Waals surface area contributed by atoms with Crippen molar-refractivity contribution in [2.75, 3.05) is 0 Å². The Hall–Kier alpha value is -1.97. The highest BCUT2D eigenvalue weighted by Crippen LogP contribution is 2.38. The van der Waals surface area contributed by atoms with Gasteiger partial charge in [-0.2, -0.15) is 26.3 Å². The topological polar surface area (TPSA) is 46.2 Å². The molecule has 1 aromatic carbocycles. The first kappa shape index (κ1) is 16.4. The van der Waals surface area contributed by atoms with Crippen molar-refractivity contribution in [3.8, 4) is 0 Å². The molecule has 0 aliphatic carbocycles. The van der Waals surface area contributed by atoms with Crippen LogP contribution in [0.3, 0.4) is 0 Å². The molecule has 3 nitrogen and oxygen atoms in total. The number of nitrogens with one attached hydrogen (secondary N) is 1. The molecule has 22 heavy (non-hydrogen) atoms. The molecule has 1 aromatic rings. The van der Waals surface area contributed by atoms with Crippen LogP contribution < -0.4 is 5.32 Å². The van der Waals surface area contributed by atoms with Crippen LogP contribution in [0.25, 0.3) is 6.08 Å². The fourth-order valence-electron chi connectivity index (χ4n) is 1.67. The number of benzene rings is 1. The Morgan fingerprint density at radius 3 is 2.09 bits per heavy atom. The molecule has 0 unspecified atom stereocenters. The van der Waals surface area contributed by atoms with Crippen molar-refractivity contribution >= 4 is 29.0 Å². The van der Waals surface area contributed by atoms with Crippen molar-refractivity contribution in [1.29, 1.82) is 0 Å². The summed E-state index contributed by atoms with van der Waals surface area (Å²) in [4.78, 5) is 21.9. The molecule has 0 radical (unpaired) electrons. The smallest absolute Gasteiger partial charge is 0.282 e. The van der Waals surface area contributed by atoms with E-state index in [1.165, 1.54) is 0 Å². The maximum absolute atomic E-state index is 12.9. The zero-order chi connectivity index (χ0) is 16.7. The van der Waals surface area contributed by atoms with Gasteiger partial charge in [0.25, 0.3) is 11.1 Å². The molecule has 1 aliphatic rings. The molecule has 0 atom stereocenters. The molecule has 118 valence electrons. The molecular weight excluding hydrogens is 336 g/mol. The van der Waals surface area contributed by atoms with Gasteiger partial charge in [-0.1, -0.05) is 6.07 Å². The van der Waals surface area contributed by atoms with Gasteiger partial charge in [0.05, 0.1) is 16.0 Å². The minimum Gasteiger partial charge on any atom is -0.282 e. The molecule has 1 heterocycles. The van der Waals surface area contributed by atoms with Crippen LogP contribution in [0.2, 0.25) is 0 Å². The van der Waals surface area contributed by atoms with Crippen molar-refractivity contribution in [2.45, 2.75) is 12.4 Å². The molecule has 2 amide bonds. The number of thioether (sulfide) groups is 1. The summed E-state index contributed by atoms with van der Waals surface area (Å²) >= 11 is 0.370. The third-order valence-electron chi connectivity index (χ3n) is 2.61. The van der Waals surface area contributed by atoms with Gasteiger partial charge >= 0.3 is 12.4 Å². The minimum atomic E-state index is -5.04. The summed E-state index contributed by atoms with van der Waals surface area (Å²) in [6.45, 7) is 0. The fraction of sp³-hybridized carbons (Fsp3) is 0.167. The third-order valence-corrected chi connectivity index (χ3v) is 3.43. The van der Waals surface area contributed by atoms with Crippen LogP contribution in [0.1, 0.15) is 16.7 Å². The molecule has 0 aromatic heterocycles. The SMILES string of the molecule is O=C1NC(=O)/C(=C/c2ccc(C(F)(F)F)cc2C(F)(F)F)S1. The fourth-order valence-corrected chi connectivity index (χ4v) is 2.34. The summed E-state index contributed by atoms with van der Waals surface area (Å²) in [5.74, 6) is -0.900. The average Bonchev–Trinajstić information content (AvgIpc) is 2.65. The predicted octanol–water partition coefficient (Wildman–Crippen LogP) is 4.05. The molecule has 0 spiro atoms. The van der Waals surface area contributed by atoms with Gasteiger partial charge in [0.1, 0.15) is 0 Å². The van der Waals surface area contributed by atoms with Gasteiger partial charge in [0, 0.05) is 0 Å². The van der Waals surface area contributed by atoms with Crippen LogP contribution in [0.4, 0.5) is 31.1 Å². The molecule has 0 saturated carbocycles. The normalized spacial score (nSPS) is 18.0. The van der Waals surface area contributed by atoms with Crippen LogP contribution in [0.5, 0.6) is 0 Å². The van der Waals surface area contributed by atoms with Crippen molar-refractivity contribution < 1.29 is 35.9 Å². The van der Waals surface area contributed by atoms with Crippen molar-refractivity contribution in [3.05, 3.63) is 39.8 Å². The molecule has 0 bridgehead atoms. The maximum Gasteiger partial charge on any atom is 0.417 e. The largest absolute Gasteiger partial charge is 0.417 e. The van der Waals surface area contributed by atoms with E-state index in [1.54, 1.807) is 0 Å². The Morgan fingerprint density at radius 2 is 1.64 bits per heavy atom. The zero-order valence-electron chi connectivity index (χ0n) is 10.3. The average molecular weight is 341 g/mol. The number of carbonyl (C=O) groups is 2. The van der Waals surface area contributed by atoms with Gasteiger partial charge in [-0.25, -0.2) is 0 Å². The van der Waals surface area contributed by atoms with Crippen LogP contribution in [-0.2, 0) is 17.1 Å². The highest BCUT2D eigenvalue weighted by Gasteiger charge is 2.38. The second-order valence-electron chi connectivity index (χ2n) is 4.15. The number of rotatable bonds is 1. The molecule has 1 aliphatic heterocycles. The van der Waals surface area contributed by atoms with Crippen LogP contribution in [0.15, 0.2) is 23.1 Å². The summed E-state index contributed by atoms with van der Waals surface area (Å²) in [6, 6.07) is 1.04. The number of carbonyl (C=O) groups excluding carboxylic acids is 2. The standard InChI is InChI=1S/C12H5F6NO2S/c13-11(14,15)6-2-1-5(7(4-6)12(16,17)18)3-8-9(20)19-10(21)22-8/h1-4H,(H,19,20,21)/b8-3-. The summed E-state index contributed by atoms with van der Waals surface area (Å²) in [6.07, 6.45) is -9.24. The maximum atomic E-state index is 12.9. The monoisotopic (exact) mass is 341 g/mol. The van der Waals surface area contributed by atoms with Crippen molar-refractivity contribution in [2.24, 2.45) is 0 Å². The molecule has 1 saturated heterocycles. The molecule has 1 N–H and O–H groups in total. The first-order chi connectivity index (χ1) is 9.98. The second kappa shape index (κ2) is 5.34. The lowest BCUT2D eigenvalue weighted by Gasteiger charge is -2.14. The quantitative estimate of drug-likeness (QED) is 0.619. The Bertz CT molecular complexity index is 677. The number of halogens is 6. The first-order valence-corrected chi connectivity index (χ1v) is 6.33. The van der Waals surface area contributed by atoms with Crippen LogP contribution >= 0.6 is 11.8 Å². The number of alkyl halides is 6. The van der Waals surface area contributed by atoms with E-state index in [2.05, 4.69) is 0 Å². The van der Waals surface area contributed by atoms with Gasteiger partial charge in [0.2, 0.25) is 0 Å². The number of hydrogen-bond donors (Lipinski definition) is 1. The zero-order valence-corrected chi connectivity index (χ0v) is 11.1. The lowest BCUT2D eigenvalue weighted by atomic mass is 10.0. The van der Waals surface area contributed by atoms with E-state index in [9.17, 15) is 35.9 Å². The van der Waals surface area contributed by atoms with E-state index in [0.29, 0.717) is 23.9 Å². The van der Waals surface area contributed by atoms with E-state index in [0.717, 1.165) is 6.08 Å². The van der Waals surface area contributed by atoms with Crippen LogP contribution in [-0.4, -0.2) is 11.1 Å². The third kappa shape index (κ3) is 3.43. The Morgan fingerprint density at radius 1 is 1.00 bits per heavy atom. The summed E-state index contributed by atoms with van der Waals surface area (Å²) in [5.41, 5.74) is -3.63. The number of hydrogen-bond acceptors (Lipinski definition) is 3. The summed E-state index contributed by atoms with van der Waals surface area (Å²) in [5, 5.41) is 1.07. The van der Waals surface area contributed by atoms with Gasteiger partial charge in [-0.05, 0) is 35.5 Å². The summed E-state index contributed by atoms with van der Waals surface area (Å²) in [7, 11) is 0. The van der Waals surface area contributed by atoms with E-state index in [4.69, 9.17) is 0 Å². The predicted molar refractivity (Wildman–Crippen MR) is 65.6 cm³/mol. The minimum absolute atomic E-state index is 0.0360. The van der Waals surface area contributed by atoms with Crippen LogP contribution in [0, 0.1) is 0 Å². The molecule has 10 heteroatoms. The Kier molecular flexibility index (Phi) is 3.98. The molecular formula is C12H5F6NO2S. The van der Waals surface area contributed by atoms with Gasteiger partial charge < -0.3 is 0 Å². The highest BCUT2D eigenvalue weighted by molar-refractivity contribution is 8.18.